The largest absolute Gasteiger partial charge is 0.511 e. The van der Waals surface area contributed by atoms with E-state index >= 15 is 0 Å². The zero-order chi connectivity index (χ0) is 23.2. The van der Waals surface area contributed by atoms with E-state index in [9.17, 15) is 28.8 Å². The van der Waals surface area contributed by atoms with E-state index in [1.54, 1.807) is 0 Å². The number of benzene rings is 1. The van der Waals surface area contributed by atoms with Crippen LogP contribution in [0.25, 0.3) is 0 Å². The minimum atomic E-state index is -2.31. The molecule has 162 valence electrons. The molecular formula is C12H6O18. The molecule has 0 aliphatic rings. The molecule has 0 saturated carbocycles. The van der Waals surface area contributed by atoms with Crippen LogP contribution in [0, 0.1) is 0 Å². The Kier molecular flexibility index (Phi) is 6.99. The molecule has 6 N–H and O–H groups in total. The van der Waals surface area contributed by atoms with Crippen molar-refractivity contribution in [3.63, 3.8) is 0 Å². The normalized spacial score (nSPS) is 9.60. The third kappa shape index (κ3) is 5.94. The van der Waals surface area contributed by atoms with Crippen molar-refractivity contribution in [2.75, 3.05) is 0 Å². The third-order valence-electron chi connectivity index (χ3n) is 2.37. The van der Waals surface area contributed by atoms with Crippen LogP contribution in [0.5, 0.6) is 34.5 Å². The van der Waals surface area contributed by atoms with Crippen molar-refractivity contribution in [1.29, 1.82) is 0 Å². The Labute approximate surface area is 160 Å². The van der Waals surface area contributed by atoms with E-state index in [2.05, 4.69) is 28.4 Å². The molecule has 0 bridgehead atoms. The molecule has 18 heteroatoms. The van der Waals surface area contributed by atoms with Crippen molar-refractivity contribution in [3.05, 3.63) is 0 Å². The number of rotatable bonds is 6. The van der Waals surface area contributed by atoms with Gasteiger partial charge in [-0.3, -0.25) is 0 Å². The van der Waals surface area contributed by atoms with Gasteiger partial charge in [0.15, 0.2) is 0 Å². The summed E-state index contributed by atoms with van der Waals surface area (Å²) in [5, 5.41) is 52.7. The van der Waals surface area contributed by atoms with Gasteiger partial charge < -0.3 is 59.1 Å². The maximum atomic E-state index is 10.9. The molecule has 1 rings (SSSR count). The fraction of sp³-hybridized carbons (Fsp3) is 0. The second-order valence-electron chi connectivity index (χ2n) is 4.18. The van der Waals surface area contributed by atoms with E-state index < -0.39 is 71.4 Å². The van der Waals surface area contributed by atoms with Crippen molar-refractivity contribution in [2.24, 2.45) is 0 Å². The number of carbonyl (C=O) groups is 6. The van der Waals surface area contributed by atoms with Crippen LogP contribution in [-0.4, -0.2) is 67.6 Å². The van der Waals surface area contributed by atoms with Crippen molar-refractivity contribution < 1.29 is 87.8 Å². The van der Waals surface area contributed by atoms with Crippen LogP contribution in [-0.2, 0) is 0 Å². The Hall–Kier alpha value is -5.16. The standard InChI is InChI=1S/C12H6O18/c13-7(14)25-1-2(26-8(15)16)4(28-10(19)20)6(30-12(23)24)5(29-11(21)22)3(1)27-9(17)18/h(H,13,14)(H,15,16)(H,17,18)(H,19,20)(H,21,22)(H,23,24). The summed E-state index contributed by atoms with van der Waals surface area (Å²) < 4.78 is 24.4. The third-order valence-corrected chi connectivity index (χ3v) is 2.37. The smallest absolute Gasteiger partial charge is 0.449 e. The monoisotopic (exact) mass is 438 g/mol. The molecule has 30 heavy (non-hydrogen) atoms. The van der Waals surface area contributed by atoms with Crippen LogP contribution in [0.1, 0.15) is 0 Å². The Balaban J connectivity index is 4.20. The van der Waals surface area contributed by atoms with Crippen LogP contribution in [0.2, 0.25) is 0 Å². The average molecular weight is 438 g/mol. The van der Waals surface area contributed by atoms with Crippen LogP contribution >= 0.6 is 0 Å². The molecule has 18 nitrogen and oxygen atoms in total. The van der Waals surface area contributed by atoms with Gasteiger partial charge in [-0.25, -0.2) is 28.8 Å². The van der Waals surface area contributed by atoms with E-state index in [1.807, 2.05) is 0 Å². The first-order chi connectivity index (χ1) is 13.8. The lowest BCUT2D eigenvalue weighted by atomic mass is 10.2. The fourth-order valence-corrected chi connectivity index (χ4v) is 1.70. The van der Waals surface area contributed by atoms with E-state index in [0.717, 1.165) is 0 Å². The highest BCUT2D eigenvalue weighted by Crippen LogP contribution is 2.58. The highest BCUT2D eigenvalue weighted by atomic mass is 16.7. The summed E-state index contributed by atoms with van der Waals surface area (Å²) in [6, 6.07) is 0. The van der Waals surface area contributed by atoms with Crippen molar-refractivity contribution in [3.8, 4) is 34.5 Å². The summed E-state index contributed by atoms with van der Waals surface area (Å²) >= 11 is 0. The molecule has 0 fully saturated rings. The Morgan fingerprint density at radius 1 is 0.333 bits per heavy atom. The number of hydrogen-bond acceptors (Lipinski definition) is 12. The van der Waals surface area contributed by atoms with Gasteiger partial charge in [-0.05, 0) is 0 Å². The molecule has 0 saturated heterocycles. The molecule has 1 aromatic carbocycles. The zero-order valence-corrected chi connectivity index (χ0v) is 13.6. The van der Waals surface area contributed by atoms with Gasteiger partial charge in [0.2, 0.25) is 34.5 Å². The maximum Gasteiger partial charge on any atom is 0.511 e. The van der Waals surface area contributed by atoms with Gasteiger partial charge in [0.1, 0.15) is 0 Å². The number of hydrogen-bond donors (Lipinski definition) is 6. The molecule has 1 aromatic rings. The zero-order valence-electron chi connectivity index (χ0n) is 13.6. The molecular weight excluding hydrogens is 432 g/mol. The van der Waals surface area contributed by atoms with Crippen molar-refractivity contribution in [1.82, 2.24) is 0 Å². The van der Waals surface area contributed by atoms with Crippen LogP contribution < -0.4 is 28.4 Å². The van der Waals surface area contributed by atoms with E-state index in [0.29, 0.717) is 0 Å². The first-order valence-electron chi connectivity index (χ1n) is 6.52. The molecule has 0 heterocycles. The lowest BCUT2D eigenvalue weighted by Gasteiger charge is -2.19. The predicted molar refractivity (Wildman–Crippen MR) is 78.4 cm³/mol. The Bertz CT molecular complexity index is 714. The van der Waals surface area contributed by atoms with E-state index in [4.69, 9.17) is 30.6 Å². The first-order valence-corrected chi connectivity index (χ1v) is 6.52. The fourth-order valence-electron chi connectivity index (χ4n) is 1.70. The minimum Gasteiger partial charge on any atom is -0.449 e. The Morgan fingerprint density at radius 2 is 0.433 bits per heavy atom. The molecule has 0 aromatic heterocycles. The second kappa shape index (κ2) is 9.16. The highest BCUT2D eigenvalue weighted by molar-refractivity contribution is 5.86. The molecule has 0 aliphatic carbocycles. The average Bonchev–Trinajstić information content (AvgIpc) is 2.55. The van der Waals surface area contributed by atoms with Gasteiger partial charge in [0.25, 0.3) is 0 Å². The SMILES string of the molecule is O=C(O)Oc1c(OC(=O)O)c(OC(=O)O)c(OC(=O)O)c(OC(=O)O)c1OC(=O)O. The summed E-state index contributed by atoms with van der Waals surface area (Å²) in [4.78, 5) is 65.4. The van der Waals surface area contributed by atoms with Gasteiger partial charge in [0.05, 0.1) is 0 Å². The summed E-state index contributed by atoms with van der Waals surface area (Å²) in [5.74, 6) is -9.68. The van der Waals surface area contributed by atoms with Crippen molar-refractivity contribution >= 4 is 36.9 Å². The van der Waals surface area contributed by atoms with Crippen molar-refractivity contribution in [2.45, 2.75) is 0 Å². The molecule has 0 amide bonds. The minimum absolute atomic E-state index is 1.61. The van der Waals surface area contributed by atoms with E-state index in [-0.39, 0.29) is 0 Å². The summed E-state index contributed by atoms with van der Waals surface area (Å²) in [7, 11) is 0. The van der Waals surface area contributed by atoms with Gasteiger partial charge in [-0.1, -0.05) is 0 Å². The molecule has 0 unspecified atom stereocenters. The summed E-state index contributed by atoms with van der Waals surface area (Å²) in [6.07, 6.45) is -13.9. The van der Waals surface area contributed by atoms with Crippen LogP contribution in [0.4, 0.5) is 28.8 Å². The number of ether oxygens (including phenoxy) is 6. The topological polar surface area (TPSA) is 279 Å². The summed E-state index contributed by atoms with van der Waals surface area (Å²) in [5.41, 5.74) is 0. The van der Waals surface area contributed by atoms with Gasteiger partial charge in [-0.15, -0.1) is 0 Å². The molecule has 0 aliphatic heterocycles. The van der Waals surface area contributed by atoms with Gasteiger partial charge in [-0.2, -0.15) is 0 Å². The first kappa shape index (κ1) is 22.9. The maximum absolute atomic E-state index is 10.9. The lowest BCUT2D eigenvalue weighted by Crippen LogP contribution is -2.18. The molecule has 0 radical (unpaired) electrons. The molecule has 0 spiro atoms. The molecule has 0 atom stereocenters. The summed E-state index contributed by atoms with van der Waals surface area (Å²) in [6.45, 7) is 0. The quantitative estimate of drug-likeness (QED) is 0.273. The van der Waals surface area contributed by atoms with Gasteiger partial charge in [0, 0.05) is 0 Å². The second-order valence-corrected chi connectivity index (χ2v) is 4.18. The Morgan fingerprint density at radius 3 is 0.500 bits per heavy atom. The predicted octanol–water partition coefficient (Wildman–Crippen LogP) is 2.03. The highest BCUT2D eigenvalue weighted by Gasteiger charge is 2.38. The van der Waals surface area contributed by atoms with E-state index in [1.165, 1.54) is 0 Å². The van der Waals surface area contributed by atoms with Crippen LogP contribution in [0.15, 0.2) is 0 Å². The van der Waals surface area contributed by atoms with Gasteiger partial charge >= 0.3 is 36.9 Å². The number of carboxylic acid groups (broad SMARTS) is 6. The lowest BCUT2D eigenvalue weighted by molar-refractivity contribution is 0.113. The van der Waals surface area contributed by atoms with Crippen LogP contribution in [0.3, 0.4) is 0 Å².